The number of anilines is 1. The van der Waals surface area contributed by atoms with Crippen LogP contribution in [0, 0.1) is 0 Å². The van der Waals surface area contributed by atoms with E-state index in [1.807, 2.05) is 36.4 Å². The van der Waals surface area contributed by atoms with Crippen molar-refractivity contribution in [2.75, 3.05) is 25.5 Å². The fourth-order valence-corrected chi connectivity index (χ4v) is 2.22. The predicted molar refractivity (Wildman–Crippen MR) is 93.9 cm³/mol. The maximum Gasteiger partial charge on any atom is 0.193 e. The molecule has 0 aromatic heterocycles. The number of para-hydroxylation sites is 1. The molecule has 0 bridgehead atoms. The summed E-state index contributed by atoms with van der Waals surface area (Å²) < 4.78 is 0. The number of nitrogens with one attached hydrogen (secondary N) is 1. The lowest BCUT2D eigenvalue weighted by Crippen LogP contribution is -2.24. The Morgan fingerprint density at radius 2 is 1.68 bits per heavy atom. The van der Waals surface area contributed by atoms with Crippen molar-refractivity contribution in [3.8, 4) is 0 Å². The fraction of sp³-hybridized carbons (Fsp3) is 0.278. The van der Waals surface area contributed by atoms with Gasteiger partial charge in [0.15, 0.2) is 5.96 Å². The Labute approximate surface area is 132 Å². The highest BCUT2D eigenvalue weighted by Crippen LogP contribution is 2.04. The lowest BCUT2D eigenvalue weighted by atomic mass is 10.2. The fourth-order valence-electron chi connectivity index (χ4n) is 2.22. The summed E-state index contributed by atoms with van der Waals surface area (Å²) in [5.74, 6) is 0.469. The first-order valence-electron chi connectivity index (χ1n) is 7.58. The Bertz CT molecular complexity index is 566. The van der Waals surface area contributed by atoms with E-state index >= 15 is 0 Å². The van der Waals surface area contributed by atoms with E-state index in [4.69, 9.17) is 5.73 Å². The van der Waals surface area contributed by atoms with Gasteiger partial charge < -0.3 is 16.0 Å². The molecule has 4 nitrogen and oxygen atoms in total. The number of benzene rings is 2. The van der Waals surface area contributed by atoms with Crippen molar-refractivity contribution in [3.05, 3.63) is 66.2 Å². The van der Waals surface area contributed by atoms with Gasteiger partial charge in [0.1, 0.15) is 0 Å². The van der Waals surface area contributed by atoms with Gasteiger partial charge in [-0.3, -0.25) is 4.99 Å². The predicted octanol–water partition coefficient (Wildman–Crippen LogP) is 2.94. The molecular formula is C18H24N4. The molecule has 0 fully saturated rings. The highest BCUT2D eigenvalue weighted by Gasteiger charge is 1.99. The van der Waals surface area contributed by atoms with Crippen molar-refractivity contribution in [1.29, 1.82) is 0 Å². The molecule has 2 aromatic rings. The van der Waals surface area contributed by atoms with Crippen LogP contribution in [0.5, 0.6) is 0 Å². The molecular weight excluding hydrogens is 272 g/mol. The van der Waals surface area contributed by atoms with Gasteiger partial charge in [-0.05, 0) is 37.7 Å². The number of hydrogen-bond acceptors (Lipinski definition) is 2. The molecule has 2 rings (SSSR count). The minimum absolute atomic E-state index is 0.469. The second-order valence-corrected chi connectivity index (χ2v) is 5.33. The first kappa shape index (κ1) is 16.0. The summed E-state index contributed by atoms with van der Waals surface area (Å²) in [6.07, 6.45) is 0.987. The number of hydrogen-bond donors (Lipinski definition) is 2. The van der Waals surface area contributed by atoms with Gasteiger partial charge in [-0.1, -0.05) is 48.5 Å². The van der Waals surface area contributed by atoms with Crippen molar-refractivity contribution >= 4 is 11.6 Å². The van der Waals surface area contributed by atoms with Crippen LogP contribution in [-0.2, 0) is 6.54 Å². The number of nitrogens with two attached hydrogens (primary N) is 1. The lowest BCUT2D eigenvalue weighted by molar-refractivity contribution is 0.324. The molecule has 4 heteroatoms. The van der Waals surface area contributed by atoms with E-state index in [-0.39, 0.29) is 0 Å². The average Bonchev–Trinajstić information content (AvgIpc) is 2.53. The highest BCUT2D eigenvalue weighted by molar-refractivity contribution is 5.92. The molecule has 0 atom stereocenters. The smallest absolute Gasteiger partial charge is 0.193 e. The Balaban J connectivity index is 1.66. The van der Waals surface area contributed by atoms with Gasteiger partial charge in [-0.15, -0.1) is 0 Å². The molecule has 0 saturated carbocycles. The number of guanidine groups is 1. The van der Waals surface area contributed by atoms with Crippen molar-refractivity contribution in [3.63, 3.8) is 0 Å². The third-order valence-corrected chi connectivity index (χ3v) is 3.32. The monoisotopic (exact) mass is 296 g/mol. The first-order valence-corrected chi connectivity index (χ1v) is 7.58. The van der Waals surface area contributed by atoms with E-state index < -0.39 is 0 Å². The van der Waals surface area contributed by atoms with Crippen LogP contribution in [0.3, 0.4) is 0 Å². The Hall–Kier alpha value is -2.33. The van der Waals surface area contributed by atoms with Gasteiger partial charge in [-0.25, -0.2) is 0 Å². The minimum atomic E-state index is 0.469. The second-order valence-electron chi connectivity index (χ2n) is 5.33. The summed E-state index contributed by atoms with van der Waals surface area (Å²) in [6, 6.07) is 20.3. The van der Waals surface area contributed by atoms with Crippen molar-refractivity contribution in [2.45, 2.75) is 13.0 Å². The molecule has 0 unspecified atom stereocenters. The molecule has 22 heavy (non-hydrogen) atoms. The zero-order valence-corrected chi connectivity index (χ0v) is 13.1. The van der Waals surface area contributed by atoms with Crippen LogP contribution in [0.2, 0.25) is 0 Å². The molecule has 0 radical (unpaired) electrons. The van der Waals surface area contributed by atoms with Crippen LogP contribution in [0.15, 0.2) is 65.7 Å². The van der Waals surface area contributed by atoms with Gasteiger partial charge >= 0.3 is 0 Å². The Kier molecular flexibility index (Phi) is 6.45. The van der Waals surface area contributed by atoms with E-state index in [9.17, 15) is 0 Å². The van der Waals surface area contributed by atoms with Gasteiger partial charge in [0.25, 0.3) is 0 Å². The van der Waals surface area contributed by atoms with Crippen LogP contribution >= 0.6 is 0 Å². The Morgan fingerprint density at radius 1 is 1.05 bits per heavy atom. The molecule has 0 aliphatic heterocycles. The van der Waals surface area contributed by atoms with Gasteiger partial charge in [0, 0.05) is 18.8 Å². The van der Waals surface area contributed by atoms with Gasteiger partial charge in [-0.2, -0.15) is 0 Å². The molecule has 0 amide bonds. The summed E-state index contributed by atoms with van der Waals surface area (Å²) in [6.45, 7) is 2.68. The molecule has 0 saturated heterocycles. The zero-order valence-electron chi connectivity index (χ0n) is 13.1. The van der Waals surface area contributed by atoms with Crippen LogP contribution in [0.1, 0.15) is 12.0 Å². The van der Waals surface area contributed by atoms with E-state index in [1.54, 1.807) is 0 Å². The minimum Gasteiger partial charge on any atom is -0.370 e. The molecule has 2 aromatic carbocycles. The third kappa shape index (κ3) is 5.97. The second kappa shape index (κ2) is 8.85. The summed E-state index contributed by atoms with van der Waals surface area (Å²) >= 11 is 0. The largest absolute Gasteiger partial charge is 0.370 e. The maximum atomic E-state index is 5.87. The van der Waals surface area contributed by atoms with E-state index in [0.29, 0.717) is 5.96 Å². The van der Waals surface area contributed by atoms with Crippen LogP contribution in [-0.4, -0.2) is 31.0 Å². The third-order valence-electron chi connectivity index (χ3n) is 3.32. The quantitative estimate of drug-likeness (QED) is 0.469. The average molecular weight is 296 g/mol. The molecule has 0 aliphatic rings. The van der Waals surface area contributed by atoms with Crippen molar-refractivity contribution in [1.82, 2.24) is 4.90 Å². The van der Waals surface area contributed by atoms with Gasteiger partial charge in [0.2, 0.25) is 0 Å². The van der Waals surface area contributed by atoms with Crippen molar-refractivity contribution < 1.29 is 0 Å². The summed E-state index contributed by atoms with van der Waals surface area (Å²) in [5, 5.41) is 3.08. The topological polar surface area (TPSA) is 53.6 Å². The van der Waals surface area contributed by atoms with E-state index in [1.165, 1.54) is 5.56 Å². The molecule has 0 heterocycles. The molecule has 3 N–H and O–H groups in total. The number of aliphatic imine (C=N–C) groups is 1. The summed E-state index contributed by atoms with van der Waals surface area (Å²) in [5.41, 5.74) is 8.17. The summed E-state index contributed by atoms with van der Waals surface area (Å²) in [7, 11) is 2.13. The highest BCUT2D eigenvalue weighted by atomic mass is 15.1. The molecule has 0 spiro atoms. The standard InChI is InChI=1S/C18H24N4/c1-22(15-16-9-4-2-5-10-16)14-8-13-20-18(19)21-17-11-6-3-7-12-17/h2-7,9-12H,8,13-15H2,1H3,(H3,19,20,21). The van der Waals surface area contributed by atoms with Crippen LogP contribution < -0.4 is 11.1 Å². The molecule has 116 valence electrons. The molecule has 0 aliphatic carbocycles. The first-order chi connectivity index (χ1) is 10.7. The lowest BCUT2D eigenvalue weighted by Gasteiger charge is -2.16. The number of rotatable bonds is 7. The van der Waals surface area contributed by atoms with Crippen LogP contribution in [0.25, 0.3) is 0 Å². The van der Waals surface area contributed by atoms with Crippen LogP contribution in [0.4, 0.5) is 5.69 Å². The normalized spacial score (nSPS) is 11.6. The zero-order chi connectivity index (χ0) is 15.6. The number of nitrogens with zero attached hydrogens (tertiary/aromatic N) is 2. The SMILES string of the molecule is CN(CCCN=C(N)Nc1ccccc1)Cc1ccccc1. The maximum absolute atomic E-state index is 5.87. The van der Waals surface area contributed by atoms with Crippen molar-refractivity contribution in [2.24, 2.45) is 10.7 Å². The van der Waals surface area contributed by atoms with E-state index in [0.717, 1.165) is 31.7 Å². The van der Waals surface area contributed by atoms with Gasteiger partial charge in [0.05, 0.1) is 0 Å². The van der Waals surface area contributed by atoms with E-state index in [2.05, 4.69) is 46.5 Å². The Morgan fingerprint density at radius 3 is 2.36 bits per heavy atom. The summed E-state index contributed by atoms with van der Waals surface area (Å²) in [4.78, 5) is 6.65.